The molecule has 0 radical (unpaired) electrons. The maximum absolute atomic E-state index is 13.5. The molecule has 2 bridgehead atoms. The van der Waals surface area contributed by atoms with Crippen LogP contribution in [0.25, 0.3) is 0 Å². The lowest BCUT2D eigenvalue weighted by atomic mass is 9.55. The van der Waals surface area contributed by atoms with Crippen LogP contribution in [0.5, 0.6) is 0 Å². The topological polar surface area (TPSA) is 50.3 Å². The Morgan fingerprint density at radius 1 is 0.679 bits per heavy atom. The highest BCUT2D eigenvalue weighted by Crippen LogP contribution is 2.61. The minimum absolute atomic E-state index is 0.0753. The van der Waals surface area contributed by atoms with Crippen LogP contribution in [-0.2, 0) is 9.59 Å². The van der Waals surface area contributed by atoms with E-state index in [1.165, 1.54) is 27.2 Å². The van der Waals surface area contributed by atoms with Gasteiger partial charge in [0.05, 0.1) is 11.8 Å². The maximum Gasteiger partial charge on any atom is 0.239 e. The van der Waals surface area contributed by atoms with E-state index in [9.17, 15) is 9.59 Å². The summed E-state index contributed by atoms with van der Waals surface area (Å²) >= 11 is 0. The summed E-state index contributed by atoms with van der Waals surface area (Å²) in [4.78, 5) is 32.9. The molecule has 136 valence electrons. The van der Waals surface area contributed by atoms with Gasteiger partial charge in [-0.15, -0.1) is 0 Å². The Labute approximate surface area is 162 Å². The van der Waals surface area contributed by atoms with Crippen molar-refractivity contribution in [3.05, 3.63) is 94.7 Å². The number of imide groups is 1. The van der Waals surface area contributed by atoms with Crippen LogP contribution in [0.2, 0.25) is 0 Å². The van der Waals surface area contributed by atoms with Gasteiger partial charge in [0.2, 0.25) is 11.8 Å². The van der Waals surface area contributed by atoms with E-state index in [1.807, 2.05) is 43.3 Å². The fraction of sp³-hybridized carbons (Fsp3) is 0.208. The molecule has 0 saturated carbocycles. The van der Waals surface area contributed by atoms with Gasteiger partial charge in [0.25, 0.3) is 0 Å². The lowest BCUT2D eigenvalue weighted by molar-refractivity contribution is -0.122. The zero-order valence-corrected chi connectivity index (χ0v) is 15.4. The van der Waals surface area contributed by atoms with E-state index in [2.05, 4.69) is 29.2 Å². The molecule has 2 amide bonds. The van der Waals surface area contributed by atoms with Crippen LogP contribution in [0.3, 0.4) is 0 Å². The molecular formula is C24H18N2O2. The SMILES string of the molecule is Cc1cccc(N2C(=O)[C@@H]3C4c5ccccc5C(c5ccccc54)[C@@H]3C2=O)n1. The van der Waals surface area contributed by atoms with E-state index in [1.54, 1.807) is 6.07 Å². The van der Waals surface area contributed by atoms with Crippen molar-refractivity contribution in [3.8, 4) is 0 Å². The number of aromatic nitrogens is 1. The van der Waals surface area contributed by atoms with Gasteiger partial charge in [-0.1, -0.05) is 54.6 Å². The first kappa shape index (κ1) is 15.8. The summed E-state index contributed by atoms with van der Waals surface area (Å²) in [6.07, 6.45) is 0. The van der Waals surface area contributed by atoms with Gasteiger partial charge in [0, 0.05) is 17.5 Å². The highest BCUT2D eigenvalue weighted by Gasteiger charge is 2.61. The van der Waals surface area contributed by atoms with Gasteiger partial charge >= 0.3 is 0 Å². The fourth-order valence-corrected chi connectivity index (χ4v) is 5.56. The van der Waals surface area contributed by atoms with Crippen LogP contribution in [0.1, 0.15) is 39.8 Å². The number of rotatable bonds is 1. The van der Waals surface area contributed by atoms with Gasteiger partial charge in [-0.25, -0.2) is 9.88 Å². The van der Waals surface area contributed by atoms with Crippen LogP contribution >= 0.6 is 0 Å². The monoisotopic (exact) mass is 366 g/mol. The lowest BCUT2D eigenvalue weighted by Gasteiger charge is -2.45. The zero-order chi connectivity index (χ0) is 19.0. The van der Waals surface area contributed by atoms with E-state index < -0.39 is 0 Å². The van der Waals surface area contributed by atoms with Gasteiger partial charge in [-0.3, -0.25) is 9.59 Å². The van der Waals surface area contributed by atoms with Crippen molar-refractivity contribution in [1.82, 2.24) is 4.98 Å². The number of aryl methyl sites for hydroxylation is 1. The van der Waals surface area contributed by atoms with Crippen LogP contribution in [-0.4, -0.2) is 16.8 Å². The average molecular weight is 366 g/mol. The Hall–Kier alpha value is -3.27. The quantitative estimate of drug-likeness (QED) is 0.616. The van der Waals surface area contributed by atoms with Crippen molar-refractivity contribution < 1.29 is 9.59 Å². The third-order valence-corrected chi connectivity index (χ3v) is 6.55. The highest BCUT2D eigenvalue weighted by atomic mass is 16.2. The van der Waals surface area contributed by atoms with E-state index in [4.69, 9.17) is 0 Å². The maximum atomic E-state index is 13.5. The van der Waals surface area contributed by atoms with Gasteiger partial charge in [0.1, 0.15) is 5.82 Å². The van der Waals surface area contributed by atoms with Crippen molar-refractivity contribution in [3.63, 3.8) is 0 Å². The highest BCUT2D eigenvalue weighted by molar-refractivity contribution is 6.23. The molecule has 4 heteroatoms. The summed E-state index contributed by atoms with van der Waals surface area (Å²) in [6.45, 7) is 1.87. The standard InChI is InChI=1S/C24H18N2O2/c1-13-7-6-12-18(25-13)26-23(27)21-19-14-8-2-3-9-15(14)20(22(21)24(26)28)17-11-5-4-10-16(17)19/h2-12,19-22H,1H3/t19?,20?,21-,22+. The number of nitrogens with zero attached hydrogens (tertiary/aromatic N) is 2. The number of carbonyl (C=O) groups excluding carboxylic acids is 2. The molecule has 2 atom stereocenters. The Kier molecular flexibility index (Phi) is 3.03. The third-order valence-electron chi connectivity index (χ3n) is 6.55. The lowest BCUT2D eigenvalue weighted by Crippen LogP contribution is -2.41. The van der Waals surface area contributed by atoms with E-state index in [0.717, 1.165) is 5.69 Å². The largest absolute Gasteiger partial charge is 0.274 e. The first-order chi connectivity index (χ1) is 13.7. The Balaban J connectivity index is 1.58. The first-order valence-electron chi connectivity index (χ1n) is 9.66. The molecule has 28 heavy (non-hydrogen) atoms. The molecule has 1 saturated heterocycles. The second kappa shape index (κ2) is 5.38. The Bertz CT molecular complexity index is 1050. The van der Waals surface area contributed by atoms with Crippen LogP contribution in [0.15, 0.2) is 66.7 Å². The van der Waals surface area contributed by atoms with Crippen LogP contribution in [0.4, 0.5) is 5.82 Å². The van der Waals surface area contributed by atoms with Crippen molar-refractivity contribution in [2.45, 2.75) is 18.8 Å². The molecule has 2 heterocycles. The summed E-state index contributed by atoms with van der Waals surface area (Å²) < 4.78 is 0. The Morgan fingerprint density at radius 3 is 1.57 bits per heavy atom. The molecule has 1 aromatic heterocycles. The number of carbonyl (C=O) groups is 2. The van der Waals surface area contributed by atoms with Gasteiger partial charge in [0.15, 0.2) is 0 Å². The van der Waals surface area contributed by atoms with Crippen molar-refractivity contribution in [2.24, 2.45) is 11.8 Å². The molecular weight excluding hydrogens is 348 g/mol. The molecule has 4 aliphatic rings. The van der Waals surface area contributed by atoms with Gasteiger partial charge in [-0.2, -0.15) is 0 Å². The zero-order valence-electron chi connectivity index (χ0n) is 15.4. The number of amides is 2. The summed E-state index contributed by atoms with van der Waals surface area (Å²) in [5.41, 5.74) is 5.54. The van der Waals surface area contributed by atoms with Crippen LogP contribution < -0.4 is 4.90 Å². The molecule has 7 rings (SSSR count). The number of hydrogen-bond acceptors (Lipinski definition) is 3. The predicted molar refractivity (Wildman–Crippen MR) is 105 cm³/mol. The van der Waals surface area contributed by atoms with E-state index in [-0.39, 0.29) is 35.5 Å². The average Bonchev–Trinajstić information content (AvgIpc) is 2.99. The normalized spacial score (nSPS) is 26.8. The molecule has 0 N–H and O–H groups in total. The smallest absolute Gasteiger partial charge is 0.239 e. The molecule has 0 spiro atoms. The number of hydrogen-bond donors (Lipinski definition) is 0. The summed E-state index contributed by atoms with van der Waals surface area (Å²) in [6, 6.07) is 22.0. The van der Waals surface area contributed by atoms with E-state index in [0.29, 0.717) is 5.82 Å². The summed E-state index contributed by atoms with van der Waals surface area (Å²) in [5.74, 6) is -0.660. The fourth-order valence-electron chi connectivity index (χ4n) is 5.56. The molecule has 0 unspecified atom stereocenters. The third kappa shape index (κ3) is 1.82. The first-order valence-corrected chi connectivity index (χ1v) is 9.66. The summed E-state index contributed by atoms with van der Waals surface area (Å²) in [7, 11) is 0. The van der Waals surface area contributed by atoms with Gasteiger partial charge < -0.3 is 0 Å². The van der Waals surface area contributed by atoms with Crippen molar-refractivity contribution >= 4 is 17.6 Å². The molecule has 3 aliphatic carbocycles. The van der Waals surface area contributed by atoms with Gasteiger partial charge in [-0.05, 0) is 41.3 Å². The van der Waals surface area contributed by atoms with Crippen molar-refractivity contribution in [2.75, 3.05) is 4.90 Å². The molecule has 2 aromatic carbocycles. The molecule has 1 aliphatic heterocycles. The number of pyridine rings is 1. The second-order valence-corrected chi connectivity index (χ2v) is 7.91. The van der Waals surface area contributed by atoms with Crippen LogP contribution in [0, 0.1) is 18.8 Å². The predicted octanol–water partition coefficient (Wildman–Crippen LogP) is 3.79. The Morgan fingerprint density at radius 2 is 1.14 bits per heavy atom. The molecule has 3 aromatic rings. The second-order valence-electron chi connectivity index (χ2n) is 7.91. The minimum Gasteiger partial charge on any atom is -0.274 e. The minimum atomic E-state index is -0.357. The summed E-state index contributed by atoms with van der Waals surface area (Å²) in [5, 5.41) is 0. The van der Waals surface area contributed by atoms with E-state index >= 15 is 0 Å². The molecule has 4 nitrogen and oxygen atoms in total. The molecule has 1 fully saturated rings. The van der Waals surface area contributed by atoms with Crippen molar-refractivity contribution in [1.29, 1.82) is 0 Å². The number of benzene rings is 2. The number of anilines is 1.